The first-order valence-electron chi connectivity index (χ1n) is 5.34. The molecule has 2 rings (SSSR count). The van der Waals surface area contributed by atoms with Gasteiger partial charge in [-0.1, -0.05) is 15.9 Å². The molecule has 1 aromatic rings. The number of hydrogen-bond acceptors (Lipinski definition) is 3. The SMILES string of the molecule is CC1COC(CBr)CN1C(=O)c1csc(I)c1. The van der Waals surface area contributed by atoms with Crippen molar-refractivity contribution in [3.8, 4) is 0 Å². The van der Waals surface area contributed by atoms with Gasteiger partial charge < -0.3 is 9.64 Å². The summed E-state index contributed by atoms with van der Waals surface area (Å²) >= 11 is 7.25. The number of amides is 1. The summed E-state index contributed by atoms with van der Waals surface area (Å²) in [6.45, 7) is 3.31. The number of morpholine rings is 1. The third-order valence-electron chi connectivity index (χ3n) is 2.75. The van der Waals surface area contributed by atoms with Crippen molar-refractivity contribution in [2.45, 2.75) is 19.1 Å². The van der Waals surface area contributed by atoms with Crippen LogP contribution in [0.4, 0.5) is 0 Å². The van der Waals surface area contributed by atoms with Crippen LogP contribution in [0.15, 0.2) is 11.4 Å². The van der Waals surface area contributed by atoms with E-state index in [1.807, 2.05) is 23.3 Å². The van der Waals surface area contributed by atoms with E-state index in [1.54, 1.807) is 11.3 Å². The highest BCUT2D eigenvalue weighted by molar-refractivity contribution is 14.1. The van der Waals surface area contributed by atoms with Gasteiger partial charge in [0.05, 0.1) is 27.2 Å². The number of ether oxygens (including phenoxy) is 1. The van der Waals surface area contributed by atoms with E-state index in [1.165, 1.54) is 0 Å². The minimum Gasteiger partial charge on any atom is -0.373 e. The van der Waals surface area contributed by atoms with Crippen LogP contribution in [0.25, 0.3) is 0 Å². The van der Waals surface area contributed by atoms with Gasteiger partial charge in [-0.15, -0.1) is 11.3 Å². The van der Waals surface area contributed by atoms with Crippen LogP contribution in [0.1, 0.15) is 17.3 Å². The average molecular weight is 430 g/mol. The van der Waals surface area contributed by atoms with Crippen molar-refractivity contribution < 1.29 is 9.53 Å². The number of hydrogen-bond donors (Lipinski definition) is 0. The monoisotopic (exact) mass is 429 g/mol. The van der Waals surface area contributed by atoms with Gasteiger partial charge in [-0.2, -0.15) is 0 Å². The van der Waals surface area contributed by atoms with Crippen LogP contribution in [0.5, 0.6) is 0 Å². The van der Waals surface area contributed by atoms with E-state index in [0.29, 0.717) is 13.2 Å². The van der Waals surface area contributed by atoms with Crippen LogP contribution in [0.3, 0.4) is 0 Å². The zero-order chi connectivity index (χ0) is 12.4. The van der Waals surface area contributed by atoms with Crippen molar-refractivity contribution in [3.05, 3.63) is 19.9 Å². The fourth-order valence-corrected chi connectivity index (χ4v) is 3.49. The molecule has 1 aliphatic heterocycles. The maximum Gasteiger partial charge on any atom is 0.255 e. The zero-order valence-corrected chi connectivity index (χ0v) is 13.9. The summed E-state index contributed by atoms with van der Waals surface area (Å²) in [5, 5.41) is 2.69. The van der Waals surface area contributed by atoms with Crippen molar-refractivity contribution >= 4 is 55.8 Å². The predicted molar refractivity (Wildman–Crippen MR) is 81.1 cm³/mol. The molecule has 1 aromatic heterocycles. The molecule has 1 fully saturated rings. The van der Waals surface area contributed by atoms with E-state index in [4.69, 9.17) is 4.74 Å². The Morgan fingerprint density at radius 3 is 3.12 bits per heavy atom. The average Bonchev–Trinajstić information content (AvgIpc) is 2.76. The first kappa shape index (κ1) is 13.8. The fraction of sp³-hybridized carbons (Fsp3) is 0.545. The number of nitrogens with zero attached hydrogens (tertiary/aromatic N) is 1. The molecule has 2 atom stereocenters. The normalized spacial score (nSPS) is 25.0. The predicted octanol–water partition coefficient (Wildman–Crippen LogP) is 2.98. The number of alkyl halides is 1. The van der Waals surface area contributed by atoms with Crippen LogP contribution < -0.4 is 0 Å². The van der Waals surface area contributed by atoms with E-state index in [-0.39, 0.29) is 18.1 Å². The Hall–Kier alpha value is 0.340. The molecular weight excluding hydrogens is 417 g/mol. The molecule has 0 aromatic carbocycles. The molecule has 0 spiro atoms. The summed E-state index contributed by atoms with van der Waals surface area (Å²) in [4.78, 5) is 14.3. The highest BCUT2D eigenvalue weighted by Crippen LogP contribution is 2.21. The third-order valence-corrected chi connectivity index (χ3v) is 5.26. The van der Waals surface area contributed by atoms with Gasteiger partial charge in [0, 0.05) is 17.3 Å². The Bertz CT molecular complexity index is 412. The molecule has 17 heavy (non-hydrogen) atoms. The quantitative estimate of drug-likeness (QED) is 0.534. The molecule has 1 aliphatic rings. The Labute approximate surface area is 127 Å². The van der Waals surface area contributed by atoms with Gasteiger partial charge in [0.2, 0.25) is 0 Å². The van der Waals surface area contributed by atoms with Crippen LogP contribution in [0, 0.1) is 2.88 Å². The van der Waals surface area contributed by atoms with Crippen molar-refractivity contribution in [2.24, 2.45) is 0 Å². The Morgan fingerprint density at radius 1 is 1.76 bits per heavy atom. The second kappa shape index (κ2) is 5.99. The lowest BCUT2D eigenvalue weighted by Gasteiger charge is -2.37. The molecule has 0 bridgehead atoms. The molecule has 1 saturated heterocycles. The van der Waals surface area contributed by atoms with Crippen LogP contribution in [-0.4, -0.2) is 41.4 Å². The summed E-state index contributed by atoms with van der Waals surface area (Å²) in [5.41, 5.74) is 0.793. The van der Waals surface area contributed by atoms with Gasteiger partial charge in [-0.25, -0.2) is 0 Å². The first-order chi connectivity index (χ1) is 8.11. The maximum atomic E-state index is 12.3. The van der Waals surface area contributed by atoms with E-state index in [0.717, 1.165) is 13.8 Å². The molecule has 3 nitrogen and oxygen atoms in total. The minimum atomic E-state index is 0.104. The molecule has 0 aliphatic carbocycles. The van der Waals surface area contributed by atoms with Crippen molar-refractivity contribution in [1.29, 1.82) is 0 Å². The molecule has 0 saturated carbocycles. The van der Waals surface area contributed by atoms with Crippen LogP contribution in [0.2, 0.25) is 0 Å². The van der Waals surface area contributed by atoms with Crippen LogP contribution in [-0.2, 0) is 4.74 Å². The highest BCUT2D eigenvalue weighted by Gasteiger charge is 2.29. The first-order valence-corrected chi connectivity index (χ1v) is 8.42. The summed E-state index contributed by atoms with van der Waals surface area (Å²) in [6.07, 6.45) is 0.104. The number of carbonyl (C=O) groups excluding carboxylic acids is 1. The molecule has 94 valence electrons. The zero-order valence-electron chi connectivity index (χ0n) is 9.36. The van der Waals surface area contributed by atoms with Crippen LogP contribution >= 0.6 is 49.9 Å². The van der Waals surface area contributed by atoms with Gasteiger partial charge in [0.1, 0.15) is 0 Å². The van der Waals surface area contributed by atoms with Crippen molar-refractivity contribution in [1.82, 2.24) is 4.90 Å². The van der Waals surface area contributed by atoms with Crippen molar-refractivity contribution in [2.75, 3.05) is 18.5 Å². The largest absolute Gasteiger partial charge is 0.373 e. The summed E-state index contributed by atoms with van der Waals surface area (Å²) < 4.78 is 6.76. The van der Waals surface area contributed by atoms with Gasteiger partial charge in [0.25, 0.3) is 5.91 Å². The van der Waals surface area contributed by atoms with Gasteiger partial charge in [-0.3, -0.25) is 4.79 Å². The smallest absolute Gasteiger partial charge is 0.255 e. The van der Waals surface area contributed by atoms with Gasteiger partial charge in [-0.05, 0) is 35.6 Å². The Kier molecular flexibility index (Phi) is 4.85. The fourth-order valence-electron chi connectivity index (χ4n) is 1.78. The number of halogens is 2. The maximum absolute atomic E-state index is 12.3. The minimum absolute atomic E-state index is 0.104. The van der Waals surface area contributed by atoms with E-state index in [2.05, 4.69) is 38.5 Å². The summed E-state index contributed by atoms with van der Waals surface area (Å²) in [7, 11) is 0. The summed E-state index contributed by atoms with van der Waals surface area (Å²) in [5.74, 6) is 0.117. The highest BCUT2D eigenvalue weighted by atomic mass is 127. The topological polar surface area (TPSA) is 29.5 Å². The van der Waals surface area contributed by atoms with Gasteiger partial charge >= 0.3 is 0 Å². The number of thiophene rings is 1. The standard InChI is InChI=1S/C11H13BrINO2S/c1-7-5-16-9(3-12)4-14(7)11(15)8-2-10(13)17-6-8/h2,6-7,9H,3-5H2,1H3. The Morgan fingerprint density at radius 2 is 2.53 bits per heavy atom. The lowest BCUT2D eigenvalue weighted by Crippen LogP contribution is -2.51. The molecular formula is C11H13BrINO2S. The number of rotatable bonds is 2. The molecule has 1 amide bonds. The number of carbonyl (C=O) groups is 1. The molecule has 2 heterocycles. The van der Waals surface area contributed by atoms with E-state index in [9.17, 15) is 4.79 Å². The van der Waals surface area contributed by atoms with E-state index < -0.39 is 0 Å². The lowest BCUT2D eigenvalue weighted by molar-refractivity contribution is -0.0361. The second-order valence-corrected chi connectivity index (χ2v) is 7.51. The lowest BCUT2D eigenvalue weighted by atomic mass is 10.1. The Balaban J connectivity index is 2.12. The second-order valence-electron chi connectivity index (χ2n) is 4.06. The van der Waals surface area contributed by atoms with E-state index >= 15 is 0 Å². The van der Waals surface area contributed by atoms with Crippen molar-refractivity contribution in [3.63, 3.8) is 0 Å². The molecule has 0 N–H and O–H groups in total. The van der Waals surface area contributed by atoms with Gasteiger partial charge in [0.15, 0.2) is 0 Å². The third kappa shape index (κ3) is 3.21. The molecule has 0 radical (unpaired) electrons. The summed E-state index contributed by atoms with van der Waals surface area (Å²) in [6, 6.07) is 2.09. The molecule has 2 unspecified atom stereocenters. The molecule has 6 heteroatoms.